The molecule has 2 aromatic carbocycles. The van der Waals surface area contributed by atoms with Gasteiger partial charge in [0.05, 0.1) is 0 Å². The lowest BCUT2D eigenvalue weighted by atomic mass is 9.98. The molecule has 2 heterocycles. The first-order valence-electron chi connectivity index (χ1n) is 4.85. The van der Waals surface area contributed by atoms with E-state index in [9.17, 15) is 9.59 Å². The molecule has 0 radical (unpaired) electrons. The van der Waals surface area contributed by atoms with Crippen molar-refractivity contribution < 1.29 is 9.59 Å². The van der Waals surface area contributed by atoms with Crippen molar-refractivity contribution >= 4 is 28.3 Å². The third-order valence-electron chi connectivity index (χ3n) is 2.78. The van der Waals surface area contributed by atoms with E-state index in [-0.39, 0.29) is 5.91 Å². The predicted molar refractivity (Wildman–Crippen MR) is 60.2 cm³/mol. The second-order valence-corrected chi connectivity index (χ2v) is 3.75. The van der Waals surface area contributed by atoms with E-state index in [0.29, 0.717) is 16.8 Å². The van der Waals surface area contributed by atoms with Crippen molar-refractivity contribution in [3.05, 3.63) is 41.5 Å². The summed E-state index contributed by atoms with van der Waals surface area (Å²) in [4.78, 5) is 23.3. The fourth-order valence-corrected chi connectivity index (χ4v) is 1.95. The van der Waals surface area contributed by atoms with Crippen molar-refractivity contribution in [3.63, 3.8) is 0 Å². The van der Waals surface area contributed by atoms with E-state index in [1.165, 1.54) is 0 Å². The number of hydrogen-bond donors (Lipinski definition) is 2. The molecule has 2 aromatic rings. The molecule has 78 valence electrons. The Labute approximate surface area is 91.0 Å². The SMILES string of the molecule is Nc1ccc2c3ccc(cc13)C(=O)NC2=O. The first-order valence-corrected chi connectivity index (χ1v) is 4.85. The van der Waals surface area contributed by atoms with E-state index in [2.05, 4.69) is 5.32 Å². The minimum Gasteiger partial charge on any atom is -0.398 e. The number of anilines is 1. The molecule has 4 heteroatoms. The van der Waals surface area contributed by atoms with Gasteiger partial charge in [-0.25, -0.2) is 0 Å². The summed E-state index contributed by atoms with van der Waals surface area (Å²) in [6.07, 6.45) is 0. The number of imide groups is 1. The highest BCUT2D eigenvalue weighted by Gasteiger charge is 2.19. The van der Waals surface area contributed by atoms with Crippen molar-refractivity contribution in [1.82, 2.24) is 5.32 Å². The maximum atomic E-state index is 11.7. The van der Waals surface area contributed by atoms with Gasteiger partial charge in [0.1, 0.15) is 0 Å². The van der Waals surface area contributed by atoms with Crippen molar-refractivity contribution in [2.75, 3.05) is 5.73 Å². The smallest absolute Gasteiger partial charge is 0.258 e. The molecule has 16 heavy (non-hydrogen) atoms. The van der Waals surface area contributed by atoms with Crippen molar-refractivity contribution in [3.8, 4) is 0 Å². The molecule has 3 N–H and O–H groups in total. The van der Waals surface area contributed by atoms with Crippen LogP contribution in [0.1, 0.15) is 20.7 Å². The second kappa shape index (κ2) is 2.82. The summed E-state index contributed by atoms with van der Waals surface area (Å²) in [5.41, 5.74) is 7.32. The van der Waals surface area contributed by atoms with Crippen LogP contribution in [0.15, 0.2) is 30.3 Å². The molecule has 0 atom stereocenters. The van der Waals surface area contributed by atoms with Crippen LogP contribution in [0.4, 0.5) is 5.69 Å². The largest absolute Gasteiger partial charge is 0.398 e. The van der Waals surface area contributed by atoms with E-state index in [4.69, 9.17) is 5.73 Å². The summed E-state index contributed by atoms with van der Waals surface area (Å²) in [6.45, 7) is 0. The van der Waals surface area contributed by atoms with Crippen LogP contribution in [0, 0.1) is 0 Å². The molecule has 2 amide bonds. The molecular formula is C12H8N2O2. The average Bonchev–Trinajstić information content (AvgIpc) is 2.27. The summed E-state index contributed by atoms with van der Waals surface area (Å²) in [6, 6.07) is 8.46. The van der Waals surface area contributed by atoms with Gasteiger partial charge in [-0.3, -0.25) is 14.9 Å². The fraction of sp³-hybridized carbons (Fsp3) is 0. The minimum absolute atomic E-state index is 0.379. The Morgan fingerprint density at radius 3 is 2.56 bits per heavy atom. The standard InChI is InChI=1S/C12H8N2O2/c13-10-4-3-8-7-2-1-6(5-9(7)10)11(15)14-12(8)16/h1-5H,13H2,(H,14,15,16). The molecule has 0 aromatic heterocycles. The Hall–Kier alpha value is -2.36. The number of amides is 2. The van der Waals surface area contributed by atoms with Crippen LogP contribution in [0.2, 0.25) is 0 Å². The lowest BCUT2D eigenvalue weighted by Crippen LogP contribution is -2.31. The first kappa shape index (κ1) is 8.91. The number of carbonyl (C=O) groups is 2. The van der Waals surface area contributed by atoms with Gasteiger partial charge < -0.3 is 5.73 Å². The van der Waals surface area contributed by atoms with Crippen molar-refractivity contribution in [2.45, 2.75) is 0 Å². The zero-order chi connectivity index (χ0) is 11.3. The highest BCUT2D eigenvalue weighted by molar-refractivity contribution is 6.20. The summed E-state index contributed by atoms with van der Waals surface area (Å²) in [7, 11) is 0. The number of hydrogen-bond acceptors (Lipinski definition) is 3. The van der Waals surface area contributed by atoms with Gasteiger partial charge in [-0.1, -0.05) is 6.07 Å². The van der Waals surface area contributed by atoms with Gasteiger partial charge in [0.2, 0.25) is 0 Å². The Balaban J connectivity index is 2.54. The fourth-order valence-electron chi connectivity index (χ4n) is 1.95. The van der Waals surface area contributed by atoms with Crippen LogP contribution in [0.3, 0.4) is 0 Å². The van der Waals surface area contributed by atoms with Crippen LogP contribution in [0.5, 0.6) is 0 Å². The number of nitrogens with one attached hydrogen (secondary N) is 1. The molecular weight excluding hydrogens is 204 g/mol. The number of carbonyl (C=O) groups excluding carboxylic acids is 2. The molecule has 2 aliphatic heterocycles. The number of nitrogens with two attached hydrogens (primary N) is 1. The maximum Gasteiger partial charge on any atom is 0.258 e. The Bertz CT molecular complexity index is 647. The zero-order valence-electron chi connectivity index (χ0n) is 8.28. The highest BCUT2D eigenvalue weighted by atomic mass is 16.2. The summed E-state index contributed by atoms with van der Waals surface area (Å²) < 4.78 is 0. The van der Waals surface area contributed by atoms with E-state index in [1.54, 1.807) is 30.3 Å². The van der Waals surface area contributed by atoms with Gasteiger partial charge >= 0.3 is 0 Å². The lowest BCUT2D eigenvalue weighted by Gasteiger charge is -2.14. The van der Waals surface area contributed by atoms with Crippen LogP contribution < -0.4 is 11.1 Å². The molecule has 0 fully saturated rings. The molecule has 2 aliphatic rings. The normalized spacial score (nSPS) is 14.0. The van der Waals surface area contributed by atoms with Crippen LogP contribution in [0.25, 0.3) is 10.8 Å². The quantitative estimate of drug-likeness (QED) is 0.510. The van der Waals surface area contributed by atoms with Gasteiger partial charge in [0, 0.05) is 22.2 Å². The van der Waals surface area contributed by atoms with Crippen LogP contribution >= 0.6 is 0 Å². The predicted octanol–water partition coefficient (Wildman–Crippen LogP) is 1.31. The molecule has 4 nitrogen and oxygen atoms in total. The van der Waals surface area contributed by atoms with E-state index < -0.39 is 5.91 Å². The summed E-state index contributed by atoms with van der Waals surface area (Å²) >= 11 is 0. The Kier molecular flexibility index (Phi) is 1.57. The van der Waals surface area contributed by atoms with Gasteiger partial charge in [0.25, 0.3) is 11.8 Å². The minimum atomic E-state index is -0.391. The monoisotopic (exact) mass is 212 g/mol. The van der Waals surface area contributed by atoms with Crippen LogP contribution in [-0.4, -0.2) is 11.8 Å². The lowest BCUT2D eigenvalue weighted by molar-refractivity contribution is 0.0849. The van der Waals surface area contributed by atoms with Gasteiger partial charge in [-0.15, -0.1) is 0 Å². The van der Waals surface area contributed by atoms with Gasteiger partial charge in [-0.2, -0.15) is 0 Å². The number of rotatable bonds is 0. The van der Waals surface area contributed by atoms with Crippen molar-refractivity contribution in [2.24, 2.45) is 0 Å². The molecule has 0 unspecified atom stereocenters. The Morgan fingerprint density at radius 1 is 0.938 bits per heavy atom. The van der Waals surface area contributed by atoms with Gasteiger partial charge in [-0.05, 0) is 29.7 Å². The Morgan fingerprint density at radius 2 is 1.75 bits per heavy atom. The first-order chi connectivity index (χ1) is 7.66. The molecule has 0 saturated carbocycles. The number of fused-ring (bicyclic) bond motifs is 3. The van der Waals surface area contributed by atoms with Crippen molar-refractivity contribution in [1.29, 1.82) is 0 Å². The van der Waals surface area contributed by atoms with Crippen LogP contribution in [-0.2, 0) is 0 Å². The molecule has 0 saturated heterocycles. The number of benzene rings is 2. The molecule has 0 spiro atoms. The maximum absolute atomic E-state index is 11.7. The van der Waals surface area contributed by atoms with E-state index >= 15 is 0 Å². The summed E-state index contributed by atoms with van der Waals surface area (Å²) in [5.74, 6) is -0.769. The molecule has 0 aliphatic carbocycles. The average molecular weight is 212 g/mol. The van der Waals surface area contributed by atoms with Gasteiger partial charge in [0.15, 0.2) is 0 Å². The second-order valence-electron chi connectivity index (χ2n) is 3.75. The topological polar surface area (TPSA) is 72.2 Å². The van der Waals surface area contributed by atoms with E-state index in [0.717, 1.165) is 10.8 Å². The molecule has 4 bridgehead atoms. The third kappa shape index (κ3) is 1.04. The van der Waals surface area contributed by atoms with E-state index in [1.807, 2.05) is 0 Å². The molecule has 4 rings (SSSR count). The third-order valence-corrected chi connectivity index (χ3v) is 2.78. The zero-order valence-corrected chi connectivity index (χ0v) is 8.28. The highest BCUT2D eigenvalue weighted by Crippen LogP contribution is 2.27. The number of nitrogen functional groups attached to an aromatic ring is 1. The summed E-state index contributed by atoms with van der Waals surface area (Å²) in [5, 5.41) is 3.83.